The normalized spacial score (nSPS) is 17.9. The van der Waals surface area contributed by atoms with Crippen LogP contribution >= 0.6 is 0 Å². The van der Waals surface area contributed by atoms with E-state index in [9.17, 15) is 4.79 Å². The van der Waals surface area contributed by atoms with Gasteiger partial charge < -0.3 is 4.98 Å². The highest BCUT2D eigenvalue weighted by atomic mass is 16.1. The Morgan fingerprint density at radius 2 is 2.23 bits per heavy atom. The average molecular weight is 178 g/mol. The molecule has 1 N–H and O–H groups in total. The first kappa shape index (κ1) is 8.48. The standard InChI is InChI=1S/C10H14N2O/c1-7(13)9-6-11-10(12-9)8-4-2-3-5-8/h6,8H,2-5H2,1H3,(H,11,12). The number of Topliss-reactive ketones (excluding diaryl/α,β-unsaturated/α-hetero) is 1. The van der Waals surface area contributed by atoms with Crippen molar-refractivity contribution in [2.24, 2.45) is 0 Å². The highest BCUT2D eigenvalue weighted by Gasteiger charge is 2.20. The third-order valence-corrected chi connectivity index (χ3v) is 2.72. The summed E-state index contributed by atoms with van der Waals surface area (Å²) in [5.41, 5.74) is 0.641. The summed E-state index contributed by atoms with van der Waals surface area (Å²) >= 11 is 0. The molecule has 0 atom stereocenters. The lowest BCUT2D eigenvalue weighted by Crippen LogP contribution is -1.97. The van der Waals surface area contributed by atoms with Crippen molar-refractivity contribution in [2.45, 2.75) is 38.5 Å². The number of nitrogens with zero attached hydrogens (tertiary/aromatic N) is 1. The monoisotopic (exact) mass is 178 g/mol. The lowest BCUT2D eigenvalue weighted by Gasteiger charge is -2.02. The van der Waals surface area contributed by atoms with Gasteiger partial charge in [-0.2, -0.15) is 0 Å². The molecule has 3 nitrogen and oxygen atoms in total. The molecule has 0 aromatic carbocycles. The molecule has 1 fully saturated rings. The molecule has 1 aromatic heterocycles. The topological polar surface area (TPSA) is 45.8 Å². The summed E-state index contributed by atoms with van der Waals surface area (Å²) in [6.45, 7) is 1.56. The molecule has 0 bridgehead atoms. The largest absolute Gasteiger partial charge is 0.339 e. The zero-order valence-corrected chi connectivity index (χ0v) is 7.84. The molecule has 1 aromatic rings. The van der Waals surface area contributed by atoms with Gasteiger partial charge in [0.15, 0.2) is 5.78 Å². The van der Waals surface area contributed by atoms with E-state index in [2.05, 4.69) is 9.97 Å². The van der Waals surface area contributed by atoms with Gasteiger partial charge in [-0.1, -0.05) is 12.8 Å². The van der Waals surface area contributed by atoms with Gasteiger partial charge >= 0.3 is 0 Å². The van der Waals surface area contributed by atoms with E-state index in [0.29, 0.717) is 11.6 Å². The maximum atomic E-state index is 11.0. The average Bonchev–Trinajstić information content (AvgIpc) is 2.75. The van der Waals surface area contributed by atoms with Crippen molar-refractivity contribution < 1.29 is 4.79 Å². The quantitative estimate of drug-likeness (QED) is 0.706. The fraction of sp³-hybridized carbons (Fsp3) is 0.600. The Kier molecular flexibility index (Phi) is 2.17. The first-order chi connectivity index (χ1) is 6.27. The van der Waals surface area contributed by atoms with Crippen LogP contribution < -0.4 is 0 Å². The van der Waals surface area contributed by atoms with E-state index < -0.39 is 0 Å². The number of aromatic amines is 1. The highest BCUT2D eigenvalue weighted by molar-refractivity contribution is 5.91. The summed E-state index contributed by atoms with van der Waals surface area (Å²) in [4.78, 5) is 18.3. The number of carbonyl (C=O) groups excluding carboxylic acids is 1. The summed E-state index contributed by atoms with van der Waals surface area (Å²) < 4.78 is 0. The van der Waals surface area contributed by atoms with E-state index in [0.717, 1.165) is 5.82 Å². The van der Waals surface area contributed by atoms with E-state index in [1.165, 1.54) is 25.7 Å². The number of hydrogen-bond acceptors (Lipinski definition) is 2. The van der Waals surface area contributed by atoms with Crippen LogP contribution in [0.15, 0.2) is 6.20 Å². The third-order valence-electron chi connectivity index (χ3n) is 2.72. The molecule has 0 radical (unpaired) electrons. The fourth-order valence-electron chi connectivity index (χ4n) is 1.92. The summed E-state index contributed by atoms with van der Waals surface area (Å²) in [5, 5.41) is 0. The second-order valence-electron chi connectivity index (χ2n) is 3.72. The van der Waals surface area contributed by atoms with Crippen molar-refractivity contribution >= 4 is 5.78 Å². The predicted octanol–water partition coefficient (Wildman–Crippen LogP) is 2.27. The molecule has 13 heavy (non-hydrogen) atoms. The Morgan fingerprint density at radius 1 is 1.54 bits per heavy atom. The Hall–Kier alpha value is -1.12. The lowest BCUT2D eigenvalue weighted by atomic mass is 10.1. The van der Waals surface area contributed by atoms with Crippen LogP contribution in [-0.2, 0) is 0 Å². The van der Waals surface area contributed by atoms with Gasteiger partial charge in [0.05, 0.1) is 6.20 Å². The number of rotatable bonds is 2. The molecule has 0 unspecified atom stereocenters. The van der Waals surface area contributed by atoms with Crippen molar-refractivity contribution in [3.63, 3.8) is 0 Å². The Morgan fingerprint density at radius 3 is 2.77 bits per heavy atom. The molecule has 3 heteroatoms. The number of carbonyl (C=O) groups is 1. The van der Waals surface area contributed by atoms with Crippen LogP contribution in [0.5, 0.6) is 0 Å². The molecular weight excluding hydrogens is 164 g/mol. The van der Waals surface area contributed by atoms with Crippen molar-refractivity contribution in [1.29, 1.82) is 0 Å². The van der Waals surface area contributed by atoms with Crippen LogP contribution in [0.1, 0.15) is 54.8 Å². The van der Waals surface area contributed by atoms with Crippen LogP contribution in [0, 0.1) is 0 Å². The zero-order valence-electron chi connectivity index (χ0n) is 7.84. The maximum absolute atomic E-state index is 11.0. The maximum Gasteiger partial charge on any atom is 0.177 e. The van der Waals surface area contributed by atoms with E-state index in [1.807, 2.05) is 0 Å². The molecule has 1 heterocycles. The van der Waals surface area contributed by atoms with E-state index >= 15 is 0 Å². The van der Waals surface area contributed by atoms with Gasteiger partial charge in [0.1, 0.15) is 11.5 Å². The molecule has 2 rings (SSSR count). The second kappa shape index (κ2) is 3.32. The summed E-state index contributed by atoms with van der Waals surface area (Å²) in [5.74, 6) is 1.63. The van der Waals surface area contributed by atoms with Crippen molar-refractivity contribution in [3.05, 3.63) is 17.7 Å². The number of nitrogens with one attached hydrogen (secondary N) is 1. The van der Waals surface area contributed by atoms with Gasteiger partial charge in [-0.15, -0.1) is 0 Å². The molecule has 0 spiro atoms. The smallest absolute Gasteiger partial charge is 0.177 e. The number of aromatic nitrogens is 2. The van der Waals surface area contributed by atoms with E-state index in [1.54, 1.807) is 13.1 Å². The first-order valence-corrected chi connectivity index (χ1v) is 4.83. The van der Waals surface area contributed by atoms with Gasteiger partial charge in [-0.05, 0) is 12.8 Å². The summed E-state index contributed by atoms with van der Waals surface area (Å²) in [6.07, 6.45) is 6.66. The molecule has 0 aliphatic heterocycles. The first-order valence-electron chi connectivity index (χ1n) is 4.83. The predicted molar refractivity (Wildman–Crippen MR) is 49.8 cm³/mol. The van der Waals surface area contributed by atoms with E-state index in [4.69, 9.17) is 0 Å². The van der Waals surface area contributed by atoms with Gasteiger partial charge in [0.25, 0.3) is 0 Å². The minimum Gasteiger partial charge on any atom is -0.339 e. The van der Waals surface area contributed by atoms with Crippen LogP contribution in [0.2, 0.25) is 0 Å². The summed E-state index contributed by atoms with van der Waals surface area (Å²) in [7, 11) is 0. The number of imidazole rings is 1. The van der Waals surface area contributed by atoms with Crippen molar-refractivity contribution in [1.82, 2.24) is 9.97 Å². The number of ketones is 1. The van der Waals surface area contributed by atoms with Crippen LogP contribution in [0.3, 0.4) is 0 Å². The molecule has 1 saturated carbocycles. The Labute approximate surface area is 77.6 Å². The van der Waals surface area contributed by atoms with Gasteiger partial charge in [-0.3, -0.25) is 4.79 Å². The number of H-pyrrole nitrogens is 1. The lowest BCUT2D eigenvalue weighted by molar-refractivity contribution is 0.101. The van der Waals surface area contributed by atoms with Crippen LogP contribution in [0.25, 0.3) is 0 Å². The molecule has 0 amide bonds. The van der Waals surface area contributed by atoms with Gasteiger partial charge in [0.2, 0.25) is 0 Å². The third kappa shape index (κ3) is 1.64. The summed E-state index contributed by atoms with van der Waals surface area (Å²) in [6, 6.07) is 0. The van der Waals surface area contributed by atoms with Crippen LogP contribution in [0.4, 0.5) is 0 Å². The highest BCUT2D eigenvalue weighted by Crippen LogP contribution is 2.32. The molecule has 0 saturated heterocycles. The molecule has 1 aliphatic rings. The minimum atomic E-state index is 0.0664. The van der Waals surface area contributed by atoms with Crippen molar-refractivity contribution in [3.8, 4) is 0 Å². The fourth-order valence-corrected chi connectivity index (χ4v) is 1.92. The molecule has 70 valence electrons. The van der Waals surface area contributed by atoms with Crippen LogP contribution in [-0.4, -0.2) is 15.8 Å². The Bertz CT molecular complexity index is 310. The molecular formula is C10H14N2O. The minimum absolute atomic E-state index is 0.0664. The SMILES string of the molecule is CC(=O)c1cnc(C2CCCC2)[nH]1. The zero-order chi connectivity index (χ0) is 9.26. The van der Waals surface area contributed by atoms with Gasteiger partial charge in [-0.25, -0.2) is 4.98 Å². The van der Waals surface area contributed by atoms with Crippen molar-refractivity contribution in [2.75, 3.05) is 0 Å². The second-order valence-corrected chi connectivity index (χ2v) is 3.72. The molecule has 1 aliphatic carbocycles. The number of hydrogen-bond donors (Lipinski definition) is 1. The Balaban J connectivity index is 2.16. The van der Waals surface area contributed by atoms with Gasteiger partial charge in [0, 0.05) is 12.8 Å². The van der Waals surface area contributed by atoms with E-state index in [-0.39, 0.29) is 5.78 Å².